The van der Waals surface area contributed by atoms with E-state index in [-0.39, 0.29) is 17.7 Å². The summed E-state index contributed by atoms with van der Waals surface area (Å²) in [6.07, 6.45) is 2.24. The number of benzene rings is 1. The molecule has 7 nitrogen and oxygen atoms in total. The molecule has 0 aromatic heterocycles. The van der Waals surface area contributed by atoms with Crippen molar-refractivity contribution in [2.75, 3.05) is 45.8 Å². The lowest BCUT2D eigenvalue weighted by Crippen LogP contribution is -2.49. The lowest BCUT2D eigenvalue weighted by atomic mass is 10.1. The van der Waals surface area contributed by atoms with Crippen LogP contribution in [0.5, 0.6) is 0 Å². The van der Waals surface area contributed by atoms with E-state index in [4.69, 9.17) is 23.2 Å². The molecule has 1 atom stereocenters. The fraction of sp³-hybridized carbons (Fsp3) is 0.571. The van der Waals surface area contributed by atoms with Gasteiger partial charge in [0.2, 0.25) is 11.8 Å². The van der Waals surface area contributed by atoms with E-state index < -0.39 is 6.04 Å². The molecule has 3 rings (SSSR count). The number of carbonyl (C=O) groups excluding carboxylic acids is 3. The zero-order valence-electron chi connectivity index (χ0n) is 17.2. The number of carbonyl (C=O) groups is 3. The van der Waals surface area contributed by atoms with Gasteiger partial charge in [0, 0.05) is 54.9 Å². The van der Waals surface area contributed by atoms with Crippen LogP contribution in [-0.4, -0.2) is 84.3 Å². The van der Waals surface area contributed by atoms with Crippen molar-refractivity contribution in [1.29, 1.82) is 0 Å². The van der Waals surface area contributed by atoms with Crippen molar-refractivity contribution in [1.82, 2.24) is 20.0 Å². The van der Waals surface area contributed by atoms with Crippen LogP contribution in [0.15, 0.2) is 18.2 Å². The Morgan fingerprint density at radius 3 is 2.43 bits per heavy atom. The Morgan fingerprint density at radius 1 is 1.00 bits per heavy atom. The average Bonchev–Trinajstić information content (AvgIpc) is 3.07. The first-order valence-corrected chi connectivity index (χ1v) is 11.2. The number of nitrogens with zero attached hydrogens (tertiary/aromatic N) is 3. The Labute approximate surface area is 187 Å². The molecule has 9 heteroatoms. The van der Waals surface area contributed by atoms with Crippen molar-refractivity contribution in [3.05, 3.63) is 33.8 Å². The molecule has 30 heavy (non-hydrogen) atoms. The van der Waals surface area contributed by atoms with Gasteiger partial charge in [-0.2, -0.15) is 0 Å². The van der Waals surface area contributed by atoms with E-state index in [0.29, 0.717) is 61.3 Å². The summed E-state index contributed by atoms with van der Waals surface area (Å²) in [5, 5.41) is 3.60. The van der Waals surface area contributed by atoms with Crippen molar-refractivity contribution in [2.45, 2.75) is 32.2 Å². The smallest absolute Gasteiger partial charge is 0.254 e. The fourth-order valence-electron chi connectivity index (χ4n) is 4.13. The van der Waals surface area contributed by atoms with E-state index in [0.717, 1.165) is 19.4 Å². The van der Waals surface area contributed by atoms with Gasteiger partial charge in [-0.25, -0.2) is 0 Å². The minimum Gasteiger partial charge on any atom is -0.355 e. The van der Waals surface area contributed by atoms with E-state index in [1.54, 1.807) is 23.1 Å². The summed E-state index contributed by atoms with van der Waals surface area (Å²) in [6.45, 7) is 6.00. The molecule has 2 aliphatic heterocycles. The normalized spacial score (nSPS) is 20.2. The molecular weight excluding hydrogens is 427 g/mol. The molecule has 1 aromatic rings. The van der Waals surface area contributed by atoms with Gasteiger partial charge in [-0.1, -0.05) is 23.2 Å². The van der Waals surface area contributed by atoms with E-state index >= 15 is 0 Å². The predicted octanol–water partition coefficient (Wildman–Crippen LogP) is 2.27. The van der Waals surface area contributed by atoms with Gasteiger partial charge >= 0.3 is 0 Å². The summed E-state index contributed by atoms with van der Waals surface area (Å²) in [4.78, 5) is 43.7. The van der Waals surface area contributed by atoms with Crippen molar-refractivity contribution in [3.63, 3.8) is 0 Å². The molecule has 2 aliphatic rings. The first-order valence-electron chi connectivity index (χ1n) is 10.4. The molecule has 1 unspecified atom stereocenters. The summed E-state index contributed by atoms with van der Waals surface area (Å²) < 4.78 is 0. The number of nitrogens with one attached hydrogen (secondary N) is 1. The van der Waals surface area contributed by atoms with Crippen LogP contribution in [0.1, 0.15) is 36.5 Å². The van der Waals surface area contributed by atoms with Gasteiger partial charge in [0.15, 0.2) is 0 Å². The Bertz CT molecular complexity index is 784. The number of likely N-dealkylation sites (tertiary alicyclic amines) is 1. The molecule has 164 valence electrons. The second-order valence-electron chi connectivity index (χ2n) is 7.72. The van der Waals surface area contributed by atoms with Crippen molar-refractivity contribution in [2.24, 2.45) is 0 Å². The molecule has 2 fully saturated rings. The monoisotopic (exact) mass is 454 g/mol. The maximum absolute atomic E-state index is 13.2. The van der Waals surface area contributed by atoms with Gasteiger partial charge < -0.3 is 15.1 Å². The summed E-state index contributed by atoms with van der Waals surface area (Å²) >= 11 is 12.1. The highest BCUT2D eigenvalue weighted by atomic mass is 35.5. The van der Waals surface area contributed by atoms with Crippen molar-refractivity contribution in [3.8, 4) is 0 Å². The highest BCUT2D eigenvalue weighted by Crippen LogP contribution is 2.25. The van der Waals surface area contributed by atoms with Gasteiger partial charge in [-0.05, 0) is 44.4 Å². The lowest BCUT2D eigenvalue weighted by Gasteiger charge is -2.30. The Kier molecular flexibility index (Phi) is 7.97. The quantitative estimate of drug-likeness (QED) is 0.740. The number of hydrogen-bond donors (Lipinski definition) is 1. The molecule has 0 saturated carbocycles. The molecule has 0 spiro atoms. The fourth-order valence-corrected chi connectivity index (χ4v) is 4.65. The third-order valence-corrected chi connectivity index (χ3v) is 5.99. The first kappa shape index (κ1) is 22.8. The van der Waals surface area contributed by atoms with E-state index in [1.165, 1.54) is 0 Å². The molecule has 2 saturated heterocycles. The van der Waals surface area contributed by atoms with Crippen LogP contribution in [0.4, 0.5) is 0 Å². The topological polar surface area (TPSA) is 73.0 Å². The van der Waals surface area contributed by atoms with Crippen LogP contribution in [-0.2, 0) is 9.59 Å². The van der Waals surface area contributed by atoms with E-state index in [1.807, 2.05) is 11.8 Å². The Hall–Kier alpha value is -1.83. The Morgan fingerprint density at radius 2 is 1.73 bits per heavy atom. The van der Waals surface area contributed by atoms with Crippen molar-refractivity contribution >= 4 is 40.9 Å². The van der Waals surface area contributed by atoms with Gasteiger partial charge in [-0.15, -0.1) is 0 Å². The van der Waals surface area contributed by atoms with Crippen molar-refractivity contribution < 1.29 is 14.4 Å². The molecular formula is C21H28Cl2N4O3. The van der Waals surface area contributed by atoms with Crippen LogP contribution in [0, 0.1) is 0 Å². The SMILES string of the molecule is CCNC(=O)CN1CCCN(C(=O)C2CCCN2C(=O)c2cc(Cl)cc(Cl)c2)CC1. The largest absolute Gasteiger partial charge is 0.355 e. The van der Waals surface area contributed by atoms with Crippen LogP contribution >= 0.6 is 23.2 Å². The number of halogens is 2. The predicted molar refractivity (Wildman–Crippen MR) is 117 cm³/mol. The number of rotatable bonds is 5. The number of likely N-dealkylation sites (N-methyl/N-ethyl adjacent to an activating group) is 1. The molecule has 0 aliphatic carbocycles. The zero-order valence-corrected chi connectivity index (χ0v) is 18.7. The highest BCUT2D eigenvalue weighted by Gasteiger charge is 2.37. The summed E-state index contributed by atoms with van der Waals surface area (Å²) in [6, 6.07) is 4.28. The van der Waals surface area contributed by atoms with E-state index in [2.05, 4.69) is 10.2 Å². The van der Waals surface area contributed by atoms with Crippen LogP contribution < -0.4 is 5.32 Å². The Balaban J connectivity index is 1.64. The molecule has 1 N–H and O–H groups in total. The van der Waals surface area contributed by atoms with Gasteiger partial charge in [0.25, 0.3) is 5.91 Å². The van der Waals surface area contributed by atoms with Crippen LogP contribution in [0.2, 0.25) is 10.0 Å². The van der Waals surface area contributed by atoms with Gasteiger partial charge in [-0.3, -0.25) is 19.3 Å². The molecule has 0 radical (unpaired) electrons. The van der Waals surface area contributed by atoms with E-state index in [9.17, 15) is 14.4 Å². The van der Waals surface area contributed by atoms with Gasteiger partial charge in [0.05, 0.1) is 6.54 Å². The third kappa shape index (κ3) is 5.65. The minimum absolute atomic E-state index is 0.00465. The number of amides is 3. The summed E-state index contributed by atoms with van der Waals surface area (Å²) in [5.74, 6) is -0.234. The second-order valence-corrected chi connectivity index (χ2v) is 8.60. The van der Waals surface area contributed by atoms with Gasteiger partial charge in [0.1, 0.15) is 6.04 Å². The molecule has 3 amide bonds. The number of hydrogen-bond acceptors (Lipinski definition) is 4. The molecule has 1 aromatic carbocycles. The summed E-state index contributed by atoms with van der Waals surface area (Å²) in [5.41, 5.74) is 0.399. The minimum atomic E-state index is -0.467. The maximum Gasteiger partial charge on any atom is 0.254 e. The molecule has 0 bridgehead atoms. The summed E-state index contributed by atoms with van der Waals surface area (Å²) in [7, 11) is 0. The lowest BCUT2D eigenvalue weighted by molar-refractivity contribution is -0.135. The maximum atomic E-state index is 13.2. The molecule has 2 heterocycles. The first-order chi connectivity index (χ1) is 14.4. The zero-order chi connectivity index (χ0) is 21.7. The second kappa shape index (κ2) is 10.5. The highest BCUT2D eigenvalue weighted by molar-refractivity contribution is 6.35. The van der Waals surface area contributed by atoms with Crippen LogP contribution in [0.3, 0.4) is 0 Å². The standard InChI is InChI=1S/C21H28Cl2N4O3/c1-2-24-19(28)14-25-6-4-7-26(10-9-25)21(30)18-5-3-8-27(18)20(29)15-11-16(22)13-17(23)12-15/h11-13,18H,2-10,14H2,1H3,(H,24,28). The third-order valence-electron chi connectivity index (χ3n) is 5.55. The van der Waals surface area contributed by atoms with Crippen LogP contribution in [0.25, 0.3) is 0 Å². The average molecular weight is 455 g/mol.